The lowest BCUT2D eigenvalue weighted by molar-refractivity contribution is -0.131. The first-order valence-electron chi connectivity index (χ1n) is 5.62. The van der Waals surface area contributed by atoms with Gasteiger partial charge in [0.05, 0.1) is 0 Å². The van der Waals surface area contributed by atoms with E-state index in [0.717, 1.165) is 25.9 Å². The van der Waals surface area contributed by atoms with Crippen LogP contribution in [-0.4, -0.2) is 23.9 Å². The number of nitrogens with zero attached hydrogens (tertiary/aromatic N) is 1. The Kier molecular flexibility index (Phi) is 4.87. The zero-order valence-corrected chi connectivity index (χ0v) is 8.72. The van der Waals surface area contributed by atoms with Gasteiger partial charge in [-0.3, -0.25) is 4.79 Å². The third kappa shape index (κ3) is 3.79. The van der Waals surface area contributed by atoms with Gasteiger partial charge in [-0.2, -0.15) is 0 Å². The molecule has 0 radical (unpaired) electrons. The highest BCUT2D eigenvalue weighted by molar-refractivity contribution is 5.76. The number of carbonyl (C=O) groups is 1. The van der Waals surface area contributed by atoms with Gasteiger partial charge in [-0.05, 0) is 19.8 Å². The molecular weight excluding hydrogens is 162 g/mol. The van der Waals surface area contributed by atoms with E-state index in [1.165, 1.54) is 32.1 Å². The summed E-state index contributed by atoms with van der Waals surface area (Å²) < 4.78 is 0. The van der Waals surface area contributed by atoms with Crippen molar-refractivity contribution in [2.24, 2.45) is 0 Å². The van der Waals surface area contributed by atoms with Crippen LogP contribution >= 0.6 is 0 Å². The monoisotopic (exact) mass is 183 g/mol. The molecule has 1 amide bonds. The van der Waals surface area contributed by atoms with Crippen LogP contribution < -0.4 is 0 Å². The summed E-state index contributed by atoms with van der Waals surface area (Å²) in [6.07, 6.45) is 8.26. The first kappa shape index (κ1) is 10.6. The molecule has 0 bridgehead atoms. The Morgan fingerprint density at radius 1 is 1.08 bits per heavy atom. The maximum absolute atomic E-state index is 11.6. The minimum atomic E-state index is 0.365. The van der Waals surface area contributed by atoms with Crippen molar-refractivity contribution in [2.75, 3.05) is 13.1 Å². The summed E-state index contributed by atoms with van der Waals surface area (Å²) in [5.74, 6) is 0.365. The summed E-state index contributed by atoms with van der Waals surface area (Å²) in [4.78, 5) is 13.6. The standard InChI is InChI=1S/C11H21NO/c1-2-12-10-8-6-4-3-5-7-9-11(12)13/h2-10H2,1H3. The van der Waals surface area contributed by atoms with Crippen molar-refractivity contribution >= 4 is 5.91 Å². The van der Waals surface area contributed by atoms with E-state index >= 15 is 0 Å². The van der Waals surface area contributed by atoms with Crippen molar-refractivity contribution in [3.63, 3.8) is 0 Å². The molecule has 2 heteroatoms. The Labute approximate surface area is 81.3 Å². The van der Waals surface area contributed by atoms with Crippen LogP contribution in [0, 0.1) is 0 Å². The third-order valence-corrected chi connectivity index (χ3v) is 2.80. The van der Waals surface area contributed by atoms with E-state index in [0.29, 0.717) is 5.91 Å². The Hall–Kier alpha value is -0.530. The topological polar surface area (TPSA) is 20.3 Å². The fraction of sp³-hybridized carbons (Fsp3) is 0.909. The van der Waals surface area contributed by atoms with Gasteiger partial charge in [0.25, 0.3) is 0 Å². The number of amides is 1. The first-order chi connectivity index (χ1) is 6.34. The summed E-state index contributed by atoms with van der Waals surface area (Å²) in [6, 6.07) is 0. The highest BCUT2D eigenvalue weighted by Gasteiger charge is 2.11. The van der Waals surface area contributed by atoms with Crippen molar-refractivity contribution < 1.29 is 4.79 Å². The molecule has 1 saturated heterocycles. The van der Waals surface area contributed by atoms with E-state index in [1.807, 2.05) is 4.90 Å². The van der Waals surface area contributed by atoms with Crippen molar-refractivity contribution in [3.05, 3.63) is 0 Å². The van der Waals surface area contributed by atoms with Crippen LogP contribution in [0.1, 0.15) is 51.9 Å². The van der Waals surface area contributed by atoms with Crippen LogP contribution in [0.2, 0.25) is 0 Å². The summed E-state index contributed by atoms with van der Waals surface area (Å²) in [6.45, 7) is 3.94. The second kappa shape index (κ2) is 6.01. The molecule has 13 heavy (non-hydrogen) atoms. The fourth-order valence-corrected chi connectivity index (χ4v) is 1.90. The molecule has 1 rings (SSSR count). The summed E-state index contributed by atoms with van der Waals surface area (Å²) in [5.41, 5.74) is 0. The minimum absolute atomic E-state index is 0.365. The Morgan fingerprint density at radius 3 is 2.38 bits per heavy atom. The zero-order valence-electron chi connectivity index (χ0n) is 8.72. The van der Waals surface area contributed by atoms with Gasteiger partial charge in [-0.15, -0.1) is 0 Å². The molecule has 1 fully saturated rings. The van der Waals surface area contributed by atoms with Crippen LogP contribution in [0.5, 0.6) is 0 Å². The smallest absolute Gasteiger partial charge is 0.222 e. The Morgan fingerprint density at radius 2 is 1.69 bits per heavy atom. The van der Waals surface area contributed by atoms with E-state index in [2.05, 4.69) is 6.92 Å². The normalized spacial score (nSPS) is 21.6. The van der Waals surface area contributed by atoms with Crippen molar-refractivity contribution in [2.45, 2.75) is 51.9 Å². The zero-order chi connectivity index (χ0) is 9.52. The maximum atomic E-state index is 11.6. The molecule has 0 N–H and O–H groups in total. The molecule has 1 aliphatic rings. The lowest BCUT2D eigenvalue weighted by Gasteiger charge is -2.21. The lowest BCUT2D eigenvalue weighted by atomic mass is 10.1. The SMILES string of the molecule is CCN1CCCCCCCCC1=O. The van der Waals surface area contributed by atoms with Crippen LogP contribution in [0.25, 0.3) is 0 Å². The van der Waals surface area contributed by atoms with E-state index in [4.69, 9.17) is 0 Å². The van der Waals surface area contributed by atoms with Crippen molar-refractivity contribution in [1.29, 1.82) is 0 Å². The highest BCUT2D eigenvalue weighted by atomic mass is 16.2. The molecule has 1 heterocycles. The molecule has 0 aromatic heterocycles. The number of rotatable bonds is 1. The average molecular weight is 183 g/mol. The predicted molar refractivity (Wildman–Crippen MR) is 54.6 cm³/mol. The number of hydrogen-bond acceptors (Lipinski definition) is 1. The third-order valence-electron chi connectivity index (χ3n) is 2.80. The van der Waals surface area contributed by atoms with E-state index in [-0.39, 0.29) is 0 Å². The van der Waals surface area contributed by atoms with Crippen molar-refractivity contribution in [1.82, 2.24) is 4.90 Å². The molecule has 0 aromatic carbocycles. The summed E-state index contributed by atoms with van der Waals surface area (Å²) in [5, 5.41) is 0. The van der Waals surface area contributed by atoms with Gasteiger partial charge in [-0.25, -0.2) is 0 Å². The van der Waals surface area contributed by atoms with Gasteiger partial charge < -0.3 is 4.90 Å². The van der Waals surface area contributed by atoms with Crippen LogP contribution in [0.15, 0.2) is 0 Å². The van der Waals surface area contributed by atoms with Crippen LogP contribution in [0.3, 0.4) is 0 Å². The fourth-order valence-electron chi connectivity index (χ4n) is 1.90. The number of hydrogen-bond donors (Lipinski definition) is 0. The van der Waals surface area contributed by atoms with Crippen LogP contribution in [0.4, 0.5) is 0 Å². The quantitative estimate of drug-likeness (QED) is 0.612. The van der Waals surface area contributed by atoms with Gasteiger partial charge in [0, 0.05) is 19.5 Å². The molecule has 0 unspecified atom stereocenters. The van der Waals surface area contributed by atoms with Gasteiger partial charge in [-0.1, -0.05) is 25.7 Å². The molecule has 76 valence electrons. The molecule has 2 nitrogen and oxygen atoms in total. The second-order valence-electron chi connectivity index (χ2n) is 3.84. The highest BCUT2D eigenvalue weighted by Crippen LogP contribution is 2.12. The van der Waals surface area contributed by atoms with Gasteiger partial charge in [0.15, 0.2) is 0 Å². The molecule has 0 atom stereocenters. The minimum Gasteiger partial charge on any atom is -0.343 e. The number of carbonyl (C=O) groups excluding carboxylic acids is 1. The van der Waals surface area contributed by atoms with E-state index in [9.17, 15) is 4.79 Å². The Bertz CT molecular complexity index is 156. The Balaban J connectivity index is 2.37. The van der Waals surface area contributed by atoms with Crippen LogP contribution in [-0.2, 0) is 4.79 Å². The lowest BCUT2D eigenvalue weighted by Crippen LogP contribution is -2.31. The molecule has 0 spiro atoms. The van der Waals surface area contributed by atoms with Gasteiger partial charge in [0.1, 0.15) is 0 Å². The predicted octanol–water partition coefficient (Wildman–Crippen LogP) is 2.58. The molecule has 1 aliphatic heterocycles. The summed E-state index contributed by atoms with van der Waals surface area (Å²) >= 11 is 0. The largest absolute Gasteiger partial charge is 0.343 e. The summed E-state index contributed by atoms with van der Waals surface area (Å²) in [7, 11) is 0. The first-order valence-corrected chi connectivity index (χ1v) is 5.62. The van der Waals surface area contributed by atoms with Gasteiger partial charge in [0.2, 0.25) is 5.91 Å². The average Bonchev–Trinajstić information content (AvgIpc) is 2.16. The maximum Gasteiger partial charge on any atom is 0.222 e. The van der Waals surface area contributed by atoms with Gasteiger partial charge >= 0.3 is 0 Å². The molecule has 0 aromatic rings. The molecular formula is C11H21NO. The van der Waals surface area contributed by atoms with E-state index < -0.39 is 0 Å². The molecule has 0 aliphatic carbocycles. The second-order valence-corrected chi connectivity index (χ2v) is 3.84. The molecule has 0 saturated carbocycles. The van der Waals surface area contributed by atoms with E-state index in [1.54, 1.807) is 0 Å². The van der Waals surface area contributed by atoms with Crippen molar-refractivity contribution in [3.8, 4) is 0 Å².